The second-order valence-corrected chi connectivity index (χ2v) is 6.71. The normalized spacial score (nSPS) is 12.6. The molecule has 1 aromatic heterocycles. The van der Waals surface area contributed by atoms with Crippen LogP contribution in [0.1, 0.15) is 16.9 Å². The van der Waals surface area contributed by atoms with Crippen molar-refractivity contribution in [2.24, 2.45) is 0 Å². The first-order valence-electron chi connectivity index (χ1n) is 8.93. The standard InChI is InChI=1S/C24H19NO/c1-17-15-20-16-19-11-5-7-13-22(19)25(24(20)26-17)23-14-8-6-12-21(23)18-9-3-2-4-10-18/h2-15H,16H2,1H3. The zero-order valence-electron chi connectivity index (χ0n) is 14.6. The maximum absolute atomic E-state index is 6.15. The lowest BCUT2D eigenvalue weighted by Gasteiger charge is -2.31. The summed E-state index contributed by atoms with van der Waals surface area (Å²) < 4.78 is 6.15. The van der Waals surface area contributed by atoms with Crippen molar-refractivity contribution in [1.82, 2.24) is 0 Å². The van der Waals surface area contributed by atoms with E-state index in [1.807, 2.05) is 6.92 Å². The Balaban J connectivity index is 1.77. The Morgan fingerprint density at radius 1 is 0.731 bits per heavy atom. The number of rotatable bonds is 2. The molecule has 0 atom stereocenters. The Hall–Kier alpha value is -3.26. The molecule has 3 aromatic carbocycles. The highest BCUT2D eigenvalue weighted by Crippen LogP contribution is 2.47. The highest BCUT2D eigenvalue weighted by atomic mass is 16.4. The zero-order chi connectivity index (χ0) is 17.5. The van der Waals surface area contributed by atoms with Gasteiger partial charge in [0.05, 0.1) is 11.4 Å². The molecule has 0 amide bonds. The lowest BCUT2D eigenvalue weighted by Crippen LogP contribution is -2.17. The maximum atomic E-state index is 6.15. The van der Waals surface area contributed by atoms with E-state index in [1.54, 1.807) is 0 Å². The highest BCUT2D eigenvalue weighted by molar-refractivity contribution is 5.89. The van der Waals surface area contributed by atoms with Crippen LogP contribution in [-0.4, -0.2) is 0 Å². The summed E-state index contributed by atoms with van der Waals surface area (Å²) in [5, 5.41) is 0. The topological polar surface area (TPSA) is 16.4 Å². The highest BCUT2D eigenvalue weighted by Gasteiger charge is 2.28. The van der Waals surface area contributed by atoms with E-state index < -0.39 is 0 Å². The number of hydrogen-bond donors (Lipinski definition) is 0. The van der Waals surface area contributed by atoms with Crippen molar-refractivity contribution < 1.29 is 4.42 Å². The third kappa shape index (κ3) is 2.34. The molecule has 0 fully saturated rings. The summed E-state index contributed by atoms with van der Waals surface area (Å²) in [5.74, 6) is 1.88. The number of para-hydroxylation sites is 2. The van der Waals surface area contributed by atoms with E-state index in [0.29, 0.717) is 0 Å². The van der Waals surface area contributed by atoms with E-state index in [4.69, 9.17) is 4.42 Å². The van der Waals surface area contributed by atoms with E-state index in [-0.39, 0.29) is 0 Å². The molecule has 0 saturated heterocycles. The molecule has 126 valence electrons. The maximum Gasteiger partial charge on any atom is 0.208 e. The number of anilines is 3. The summed E-state index contributed by atoms with van der Waals surface area (Å²) in [4.78, 5) is 2.27. The van der Waals surface area contributed by atoms with Gasteiger partial charge in [0, 0.05) is 17.5 Å². The lowest BCUT2D eigenvalue weighted by molar-refractivity contribution is 0.538. The molecule has 5 rings (SSSR count). The lowest BCUT2D eigenvalue weighted by atomic mass is 9.96. The largest absolute Gasteiger partial charge is 0.445 e. The molecular weight excluding hydrogens is 318 g/mol. The fraction of sp³-hybridized carbons (Fsp3) is 0.0833. The van der Waals surface area contributed by atoms with Crippen LogP contribution >= 0.6 is 0 Å². The van der Waals surface area contributed by atoms with Crippen LogP contribution in [0.15, 0.2) is 89.3 Å². The first-order chi connectivity index (χ1) is 12.8. The van der Waals surface area contributed by atoms with Crippen LogP contribution in [0.4, 0.5) is 17.3 Å². The number of fused-ring (bicyclic) bond motifs is 2. The van der Waals surface area contributed by atoms with Crippen molar-refractivity contribution in [2.75, 3.05) is 4.90 Å². The predicted molar refractivity (Wildman–Crippen MR) is 106 cm³/mol. The fourth-order valence-corrected chi connectivity index (χ4v) is 3.83. The Morgan fingerprint density at radius 3 is 2.27 bits per heavy atom. The molecule has 0 N–H and O–H groups in total. The summed E-state index contributed by atoms with van der Waals surface area (Å²) in [6.07, 6.45) is 0.910. The minimum atomic E-state index is 0.910. The minimum Gasteiger partial charge on any atom is -0.445 e. The first kappa shape index (κ1) is 15.0. The second-order valence-electron chi connectivity index (χ2n) is 6.71. The smallest absolute Gasteiger partial charge is 0.208 e. The van der Waals surface area contributed by atoms with Crippen molar-refractivity contribution in [3.8, 4) is 11.1 Å². The van der Waals surface area contributed by atoms with Gasteiger partial charge in [-0.3, -0.25) is 4.90 Å². The first-order valence-corrected chi connectivity index (χ1v) is 8.93. The number of benzene rings is 3. The Bertz CT molecular complexity index is 1080. The van der Waals surface area contributed by atoms with Gasteiger partial charge in [0.2, 0.25) is 5.88 Å². The molecule has 2 heteroatoms. The van der Waals surface area contributed by atoms with Crippen molar-refractivity contribution in [1.29, 1.82) is 0 Å². The van der Waals surface area contributed by atoms with Crippen LogP contribution in [0.5, 0.6) is 0 Å². The number of aryl methyl sites for hydroxylation is 1. The van der Waals surface area contributed by atoms with Gasteiger partial charge in [0.15, 0.2) is 0 Å². The Labute approximate surface area is 153 Å². The van der Waals surface area contributed by atoms with Crippen molar-refractivity contribution >= 4 is 17.3 Å². The van der Waals surface area contributed by atoms with E-state index in [9.17, 15) is 0 Å². The molecule has 0 saturated carbocycles. The predicted octanol–water partition coefficient (Wildman–Crippen LogP) is 6.63. The van der Waals surface area contributed by atoms with Crippen LogP contribution in [0, 0.1) is 6.92 Å². The van der Waals surface area contributed by atoms with Crippen LogP contribution in [0.3, 0.4) is 0 Å². The fourth-order valence-electron chi connectivity index (χ4n) is 3.83. The monoisotopic (exact) mass is 337 g/mol. The van der Waals surface area contributed by atoms with E-state index >= 15 is 0 Å². The van der Waals surface area contributed by atoms with Crippen LogP contribution in [0.25, 0.3) is 11.1 Å². The molecule has 0 aliphatic carbocycles. The SMILES string of the molecule is Cc1cc2c(o1)N(c1ccccc1-c1ccccc1)c1ccccc1C2. The van der Waals surface area contributed by atoms with E-state index in [2.05, 4.69) is 89.8 Å². The molecule has 0 bridgehead atoms. The summed E-state index contributed by atoms with van der Waals surface area (Å²) in [6, 6.07) is 29.8. The summed E-state index contributed by atoms with van der Waals surface area (Å²) in [7, 11) is 0. The van der Waals surface area contributed by atoms with Crippen LogP contribution in [0.2, 0.25) is 0 Å². The molecular formula is C24H19NO. The molecule has 26 heavy (non-hydrogen) atoms. The molecule has 1 aliphatic heterocycles. The average Bonchev–Trinajstić information content (AvgIpc) is 3.06. The molecule has 0 unspecified atom stereocenters. The summed E-state index contributed by atoms with van der Waals surface area (Å²) >= 11 is 0. The van der Waals surface area contributed by atoms with E-state index in [0.717, 1.165) is 23.8 Å². The summed E-state index contributed by atoms with van der Waals surface area (Å²) in [5.41, 5.74) is 7.30. The van der Waals surface area contributed by atoms with Gasteiger partial charge >= 0.3 is 0 Å². The number of hydrogen-bond acceptors (Lipinski definition) is 2. The zero-order valence-corrected chi connectivity index (χ0v) is 14.6. The van der Waals surface area contributed by atoms with E-state index in [1.165, 1.54) is 27.9 Å². The van der Waals surface area contributed by atoms with Crippen molar-refractivity contribution in [3.63, 3.8) is 0 Å². The number of furan rings is 1. The quantitative estimate of drug-likeness (QED) is 0.359. The molecule has 0 spiro atoms. The van der Waals surface area contributed by atoms with Gasteiger partial charge in [0.1, 0.15) is 5.76 Å². The molecule has 1 aliphatic rings. The average molecular weight is 337 g/mol. The van der Waals surface area contributed by atoms with Crippen molar-refractivity contribution in [2.45, 2.75) is 13.3 Å². The van der Waals surface area contributed by atoms with Gasteiger partial charge in [-0.25, -0.2) is 0 Å². The molecule has 4 aromatic rings. The van der Waals surface area contributed by atoms with Crippen molar-refractivity contribution in [3.05, 3.63) is 102 Å². The summed E-state index contributed by atoms with van der Waals surface area (Å²) in [6.45, 7) is 2.02. The van der Waals surface area contributed by atoms with Gasteiger partial charge in [-0.05, 0) is 36.2 Å². The van der Waals surface area contributed by atoms with Gasteiger partial charge < -0.3 is 4.42 Å². The molecule has 0 radical (unpaired) electrons. The van der Waals surface area contributed by atoms with Gasteiger partial charge in [0.25, 0.3) is 0 Å². The third-order valence-corrected chi connectivity index (χ3v) is 4.96. The minimum absolute atomic E-state index is 0.910. The van der Waals surface area contributed by atoms with Gasteiger partial charge in [-0.2, -0.15) is 0 Å². The number of nitrogens with zero attached hydrogens (tertiary/aromatic N) is 1. The van der Waals surface area contributed by atoms with Gasteiger partial charge in [-0.15, -0.1) is 0 Å². The Morgan fingerprint density at radius 2 is 1.42 bits per heavy atom. The van der Waals surface area contributed by atoms with Crippen LogP contribution < -0.4 is 4.90 Å². The van der Waals surface area contributed by atoms with Crippen LogP contribution in [-0.2, 0) is 6.42 Å². The third-order valence-electron chi connectivity index (χ3n) is 4.96. The second kappa shape index (κ2) is 5.92. The molecule has 2 nitrogen and oxygen atoms in total. The van der Waals surface area contributed by atoms with Gasteiger partial charge in [-0.1, -0.05) is 66.7 Å². The molecule has 2 heterocycles. The Kier molecular flexibility index (Phi) is 3.42.